The molecule has 0 amide bonds. The zero-order chi connectivity index (χ0) is 25.4. The Labute approximate surface area is 193 Å². The highest BCUT2D eigenvalue weighted by molar-refractivity contribution is 7.99. The third kappa shape index (κ3) is 24.4. The van der Waals surface area contributed by atoms with Crippen molar-refractivity contribution < 1.29 is 46.8 Å². The second kappa shape index (κ2) is 16.2. The van der Waals surface area contributed by atoms with Gasteiger partial charge in [0.05, 0.1) is 11.5 Å². The molecule has 0 bridgehead atoms. The lowest BCUT2D eigenvalue weighted by atomic mass is 10.1. The van der Waals surface area contributed by atoms with Gasteiger partial charge in [0.2, 0.25) is 0 Å². The maximum atomic E-state index is 12.0. The molecule has 5 nitrogen and oxygen atoms in total. The Morgan fingerprint density at radius 3 is 0.939 bits per heavy atom. The van der Waals surface area contributed by atoms with Crippen LogP contribution in [-0.2, 0) is 23.9 Å². The Hall–Kier alpha value is -0.560. The van der Waals surface area contributed by atoms with Gasteiger partial charge in [-0.2, -0.15) is 43.2 Å². The lowest BCUT2D eigenvalue weighted by molar-refractivity contribution is -0.136. The standard InChI is InChI=1S/C20H36F6O5S2/c21-19(22,23)15-11-7-3-1-5-9-13-17-32(27,28)31-33(29,30)18-14-10-6-2-4-8-12-16-20(24,25)26/h1-18H2. The number of unbranched alkanes of at least 4 members (excludes halogenated alkanes) is 12. The predicted octanol–water partition coefficient (Wildman–Crippen LogP) is 7.03. The van der Waals surface area contributed by atoms with Crippen LogP contribution in [-0.4, -0.2) is 40.7 Å². The van der Waals surface area contributed by atoms with Crippen molar-refractivity contribution in [3.63, 3.8) is 0 Å². The molecule has 13 heteroatoms. The number of hydrogen-bond donors (Lipinski definition) is 0. The average molecular weight is 535 g/mol. The monoisotopic (exact) mass is 534 g/mol. The van der Waals surface area contributed by atoms with E-state index in [-0.39, 0.29) is 25.7 Å². The second-order valence-corrected chi connectivity index (χ2v) is 11.9. The molecule has 0 aromatic rings. The second-order valence-electron chi connectivity index (χ2n) is 8.27. The summed E-state index contributed by atoms with van der Waals surface area (Å²) in [6.07, 6.45) is -3.51. The lowest BCUT2D eigenvalue weighted by Crippen LogP contribution is -2.19. The molecule has 0 heterocycles. The summed E-state index contributed by atoms with van der Waals surface area (Å²) in [4.78, 5) is 0. The first kappa shape index (κ1) is 32.4. The van der Waals surface area contributed by atoms with Gasteiger partial charge < -0.3 is 0 Å². The van der Waals surface area contributed by atoms with Crippen molar-refractivity contribution in [2.24, 2.45) is 0 Å². The number of alkyl halides is 6. The summed E-state index contributed by atoms with van der Waals surface area (Å²) in [5.74, 6) is -0.892. The SMILES string of the molecule is O=S(=O)(CCCCCCCCCC(F)(F)F)OS(=O)(=O)CCCCCCCCCC(F)(F)F. The van der Waals surface area contributed by atoms with E-state index in [4.69, 9.17) is 0 Å². The van der Waals surface area contributed by atoms with E-state index < -0.39 is 56.9 Å². The van der Waals surface area contributed by atoms with Gasteiger partial charge in [0, 0.05) is 12.8 Å². The van der Waals surface area contributed by atoms with Gasteiger partial charge in [0.15, 0.2) is 0 Å². The molecule has 0 rings (SSSR count). The molecule has 0 aliphatic rings. The van der Waals surface area contributed by atoms with Gasteiger partial charge in [-0.25, -0.2) is 0 Å². The molecule has 0 saturated carbocycles. The van der Waals surface area contributed by atoms with Crippen LogP contribution in [0.2, 0.25) is 0 Å². The van der Waals surface area contributed by atoms with Crippen LogP contribution in [0.3, 0.4) is 0 Å². The van der Waals surface area contributed by atoms with Crippen molar-refractivity contribution in [2.45, 2.75) is 115 Å². The fourth-order valence-electron chi connectivity index (χ4n) is 3.20. The maximum Gasteiger partial charge on any atom is 0.389 e. The first-order valence-electron chi connectivity index (χ1n) is 11.4. The molecular formula is C20H36F6O5S2. The van der Waals surface area contributed by atoms with Crippen molar-refractivity contribution in [1.29, 1.82) is 0 Å². The quantitative estimate of drug-likeness (QED) is 0.124. The molecule has 0 aromatic carbocycles. The largest absolute Gasteiger partial charge is 0.389 e. The van der Waals surface area contributed by atoms with E-state index in [9.17, 15) is 43.2 Å². The predicted molar refractivity (Wildman–Crippen MR) is 115 cm³/mol. The van der Waals surface area contributed by atoms with Crippen LogP contribution in [0.15, 0.2) is 0 Å². The first-order valence-corrected chi connectivity index (χ1v) is 14.6. The van der Waals surface area contributed by atoms with E-state index in [0.717, 1.165) is 0 Å². The fourth-order valence-corrected chi connectivity index (χ4v) is 6.13. The molecule has 0 spiro atoms. The van der Waals surface area contributed by atoms with Crippen LogP contribution in [0.5, 0.6) is 0 Å². The maximum absolute atomic E-state index is 12.0. The molecule has 0 aliphatic heterocycles. The molecule has 0 fully saturated rings. The Morgan fingerprint density at radius 2 is 0.667 bits per heavy atom. The molecule has 0 atom stereocenters. The Balaban J connectivity index is 3.78. The zero-order valence-electron chi connectivity index (χ0n) is 18.9. The van der Waals surface area contributed by atoms with Crippen molar-refractivity contribution >= 4 is 20.2 Å². The Bertz CT molecular complexity index is 643. The summed E-state index contributed by atoms with van der Waals surface area (Å²) in [6, 6.07) is 0. The zero-order valence-corrected chi connectivity index (χ0v) is 20.5. The summed E-state index contributed by atoms with van der Waals surface area (Å²) in [6.45, 7) is 0. The molecule has 0 aromatic heterocycles. The number of hydrogen-bond acceptors (Lipinski definition) is 5. The third-order valence-corrected chi connectivity index (χ3v) is 8.15. The lowest BCUT2D eigenvalue weighted by Gasteiger charge is -2.07. The number of rotatable bonds is 20. The van der Waals surface area contributed by atoms with E-state index in [0.29, 0.717) is 64.2 Å². The van der Waals surface area contributed by atoms with Crippen LogP contribution in [0.1, 0.15) is 103 Å². The first-order chi connectivity index (χ1) is 15.1. The molecule has 200 valence electrons. The average Bonchev–Trinajstić information content (AvgIpc) is 2.62. The molecule has 0 saturated heterocycles. The normalized spacial score (nSPS) is 13.5. The highest BCUT2D eigenvalue weighted by Gasteiger charge is 2.26. The van der Waals surface area contributed by atoms with Crippen molar-refractivity contribution in [1.82, 2.24) is 0 Å². The van der Waals surface area contributed by atoms with Gasteiger partial charge in [-0.05, 0) is 25.7 Å². The van der Waals surface area contributed by atoms with Gasteiger partial charge >= 0.3 is 12.4 Å². The van der Waals surface area contributed by atoms with E-state index in [2.05, 4.69) is 3.63 Å². The summed E-state index contributed by atoms with van der Waals surface area (Å²) in [5.41, 5.74) is 0. The van der Waals surface area contributed by atoms with Gasteiger partial charge in [-0.1, -0.05) is 64.2 Å². The van der Waals surface area contributed by atoms with Crippen LogP contribution in [0, 0.1) is 0 Å². The molecule has 0 N–H and O–H groups in total. The minimum atomic E-state index is -4.23. The topological polar surface area (TPSA) is 77.5 Å². The smallest absolute Gasteiger partial charge is 0.198 e. The summed E-state index contributed by atoms with van der Waals surface area (Å²) in [5, 5.41) is 0. The summed E-state index contributed by atoms with van der Waals surface area (Å²) in [7, 11) is -8.46. The highest BCUT2D eigenvalue weighted by atomic mass is 32.3. The molecule has 33 heavy (non-hydrogen) atoms. The van der Waals surface area contributed by atoms with Crippen LogP contribution in [0.4, 0.5) is 26.3 Å². The summed E-state index contributed by atoms with van der Waals surface area (Å²) >= 11 is 0. The Morgan fingerprint density at radius 1 is 0.424 bits per heavy atom. The number of halogens is 6. The highest BCUT2D eigenvalue weighted by Crippen LogP contribution is 2.24. The summed E-state index contributed by atoms with van der Waals surface area (Å²) < 4.78 is 124. The van der Waals surface area contributed by atoms with E-state index in [1.165, 1.54) is 0 Å². The van der Waals surface area contributed by atoms with Gasteiger partial charge in [0.1, 0.15) is 0 Å². The minimum absolute atomic E-state index is 0.0749. The fraction of sp³-hybridized carbons (Fsp3) is 1.00. The van der Waals surface area contributed by atoms with E-state index in [1.54, 1.807) is 0 Å². The van der Waals surface area contributed by atoms with Crippen LogP contribution in [0.25, 0.3) is 0 Å². The van der Waals surface area contributed by atoms with Crippen molar-refractivity contribution in [3.8, 4) is 0 Å². The molecule has 0 radical (unpaired) electrons. The molecular weight excluding hydrogens is 498 g/mol. The third-order valence-electron chi connectivity index (χ3n) is 4.92. The van der Waals surface area contributed by atoms with E-state index in [1.807, 2.05) is 0 Å². The van der Waals surface area contributed by atoms with Crippen molar-refractivity contribution in [3.05, 3.63) is 0 Å². The van der Waals surface area contributed by atoms with Gasteiger partial charge in [0.25, 0.3) is 20.2 Å². The van der Waals surface area contributed by atoms with Crippen LogP contribution >= 0.6 is 0 Å². The Kier molecular flexibility index (Phi) is 15.9. The van der Waals surface area contributed by atoms with Crippen molar-refractivity contribution in [2.75, 3.05) is 11.5 Å². The van der Waals surface area contributed by atoms with Crippen LogP contribution < -0.4 is 0 Å². The minimum Gasteiger partial charge on any atom is -0.198 e. The van der Waals surface area contributed by atoms with E-state index >= 15 is 0 Å². The van der Waals surface area contributed by atoms with Gasteiger partial charge in [-0.15, -0.1) is 3.63 Å². The van der Waals surface area contributed by atoms with Gasteiger partial charge in [-0.3, -0.25) is 0 Å². The molecule has 0 unspecified atom stereocenters. The molecule has 0 aliphatic carbocycles.